The Morgan fingerprint density at radius 1 is 0.750 bits per heavy atom. The van der Waals surface area contributed by atoms with E-state index in [4.69, 9.17) is 0 Å². The van der Waals surface area contributed by atoms with E-state index in [-0.39, 0.29) is 0 Å². The average Bonchev–Trinajstić information content (AvgIpc) is 2.61. The molecule has 24 heavy (non-hydrogen) atoms. The highest BCUT2D eigenvalue weighted by molar-refractivity contribution is 5.38. The number of benzene rings is 2. The van der Waals surface area contributed by atoms with E-state index in [1.807, 2.05) is 0 Å². The van der Waals surface area contributed by atoms with Gasteiger partial charge < -0.3 is 10.6 Å². The summed E-state index contributed by atoms with van der Waals surface area (Å²) in [5, 5.41) is 14.5. The number of nitrogens with zero attached hydrogens (tertiary/aromatic N) is 3. The van der Waals surface area contributed by atoms with E-state index in [9.17, 15) is 0 Å². The van der Waals surface area contributed by atoms with Crippen molar-refractivity contribution in [2.45, 2.75) is 26.9 Å². The maximum Gasteiger partial charge on any atom is 0.244 e. The van der Waals surface area contributed by atoms with Crippen molar-refractivity contribution in [1.82, 2.24) is 15.2 Å². The molecule has 0 aliphatic carbocycles. The summed E-state index contributed by atoms with van der Waals surface area (Å²) in [4.78, 5) is 4.44. The van der Waals surface area contributed by atoms with Crippen LogP contribution in [-0.2, 0) is 13.1 Å². The molecule has 122 valence electrons. The second-order valence-corrected chi connectivity index (χ2v) is 5.84. The number of hydrogen-bond acceptors (Lipinski definition) is 5. The number of rotatable bonds is 6. The van der Waals surface area contributed by atoms with Gasteiger partial charge in [0.05, 0.1) is 6.20 Å². The Hall–Kier alpha value is -2.95. The Balaban J connectivity index is 1.57. The summed E-state index contributed by atoms with van der Waals surface area (Å²) in [6.45, 7) is 5.53. The molecular weight excluding hydrogens is 298 g/mol. The van der Waals surface area contributed by atoms with Crippen molar-refractivity contribution in [2.24, 2.45) is 0 Å². The summed E-state index contributed by atoms with van der Waals surface area (Å²) in [7, 11) is 0. The molecule has 2 aromatic carbocycles. The molecule has 0 aliphatic rings. The summed E-state index contributed by atoms with van der Waals surface area (Å²) >= 11 is 0. The van der Waals surface area contributed by atoms with Crippen molar-refractivity contribution < 1.29 is 0 Å². The predicted molar refractivity (Wildman–Crippen MR) is 96.8 cm³/mol. The minimum Gasteiger partial charge on any atom is -0.365 e. The van der Waals surface area contributed by atoms with Gasteiger partial charge in [-0.2, -0.15) is 10.1 Å². The van der Waals surface area contributed by atoms with Crippen molar-refractivity contribution in [1.29, 1.82) is 0 Å². The molecule has 0 aliphatic heterocycles. The fourth-order valence-electron chi connectivity index (χ4n) is 2.25. The molecular formula is C19H21N5. The van der Waals surface area contributed by atoms with Crippen LogP contribution in [0.25, 0.3) is 0 Å². The second-order valence-electron chi connectivity index (χ2n) is 5.84. The normalized spacial score (nSPS) is 10.4. The molecule has 2 N–H and O–H groups in total. The first-order chi connectivity index (χ1) is 11.7. The predicted octanol–water partition coefficient (Wildman–Crippen LogP) is 3.71. The van der Waals surface area contributed by atoms with Crippen LogP contribution in [0.3, 0.4) is 0 Å². The molecule has 1 heterocycles. The lowest BCUT2D eigenvalue weighted by Gasteiger charge is -2.08. The highest BCUT2D eigenvalue weighted by atomic mass is 15.3. The molecule has 0 spiro atoms. The Morgan fingerprint density at radius 2 is 1.29 bits per heavy atom. The summed E-state index contributed by atoms with van der Waals surface area (Å²) < 4.78 is 0. The minimum absolute atomic E-state index is 0.518. The van der Waals surface area contributed by atoms with Gasteiger partial charge in [0.2, 0.25) is 5.95 Å². The Morgan fingerprint density at radius 3 is 1.88 bits per heavy atom. The average molecular weight is 319 g/mol. The fraction of sp³-hybridized carbons (Fsp3) is 0.211. The first kappa shape index (κ1) is 15.9. The van der Waals surface area contributed by atoms with Crippen LogP contribution in [-0.4, -0.2) is 15.2 Å². The first-order valence-corrected chi connectivity index (χ1v) is 7.97. The van der Waals surface area contributed by atoms with Gasteiger partial charge in [0.25, 0.3) is 0 Å². The third-order valence-corrected chi connectivity index (χ3v) is 3.72. The number of aryl methyl sites for hydroxylation is 2. The molecule has 0 amide bonds. The third-order valence-electron chi connectivity index (χ3n) is 3.72. The molecule has 0 unspecified atom stereocenters. The van der Waals surface area contributed by atoms with Crippen molar-refractivity contribution >= 4 is 11.8 Å². The third kappa shape index (κ3) is 4.52. The quantitative estimate of drug-likeness (QED) is 0.725. The zero-order chi connectivity index (χ0) is 16.8. The zero-order valence-electron chi connectivity index (χ0n) is 14.0. The van der Waals surface area contributed by atoms with Crippen LogP contribution in [0, 0.1) is 13.8 Å². The fourth-order valence-corrected chi connectivity index (χ4v) is 2.25. The maximum atomic E-state index is 4.44. The van der Waals surface area contributed by atoms with Crippen LogP contribution in [0.2, 0.25) is 0 Å². The first-order valence-electron chi connectivity index (χ1n) is 7.97. The standard InChI is InChI=1S/C19H21N5/c1-14-3-7-16(8-4-14)11-20-18-13-22-24-19(23-18)21-12-17-9-5-15(2)6-10-17/h3-10,13H,11-12H2,1-2H3,(H2,20,21,23,24). The largest absolute Gasteiger partial charge is 0.365 e. The second kappa shape index (κ2) is 7.55. The molecule has 3 rings (SSSR count). The number of nitrogens with one attached hydrogen (secondary N) is 2. The summed E-state index contributed by atoms with van der Waals surface area (Å²) in [5.41, 5.74) is 4.89. The lowest BCUT2D eigenvalue weighted by molar-refractivity contribution is 0.937. The smallest absolute Gasteiger partial charge is 0.244 e. The molecule has 5 heteroatoms. The van der Waals surface area contributed by atoms with Crippen molar-refractivity contribution in [3.05, 3.63) is 77.0 Å². The van der Waals surface area contributed by atoms with Gasteiger partial charge in [0.15, 0.2) is 5.82 Å². The molecule has 3 aromatic rings. The Kier molecular flexibility index (Phi) is 5.01. The Bertz CT molecular complexity index is 717. The van der Waals surface area contributed by atoms with E-state index in [2.05, 4.69) is 88.2 Å². The number of anilines is 2. The van der Waals surface area contributed by atoms with Crippen LogP contribution < -0.4 is 10.6 Å². The van der Waals surface area contributed by atoms with Crippen molar-refractivity contribution in [2.75, 3.05) is 10.6 Å². The molecule has 0 atom stereocenters. The zero-order valence-corrected chi connectivity index (χ0v) is 14.0. The number of hydrogen-bond donors (Lipinski definition) is 2. The van der Waals surface area contributed by atoms with Gasteiger partial charge in [-0.05, 0) is 25.0 Å². The Labute approximate surface area is 142 Å². The van der Waals surface area contributed by atoms with Crippen molar-refractivity contribution in [3.63, 3.8) is 0 Å². The lowest BCUT2D eigenvalue weighted by Crippen LogP contribution is -2.08. The lowest BCUT2D eigenvalue weighted by atomic mass is 10.1. The summed E-state index contributed by atoms with van der Waals surface area (Å²) in [5.74, 6) is 1.22. The molecule has 0 saturated carbocycles. The van der Waals surface area contributed by atoms with Gasteiger partial charge in [-0.3, -0.25) is 0 Å². The van der Waals surface area contributed by atoms with E-state index in [0.29, 0.717) is 24.9 Å². The molecule has 0 radical (unpaired) electrons. The van der Waals surface area contributed by atoms with Crippen LogP contribution >= 0.6 is 0 Å². The topological polar surface area (TPSA) is 62.7 Å². The molecule has 0 saturated heterocycles. The molecule has 1 aromatic heterocycles. The SMILES string of the molecule is Cc1ccc(CNc2cnnc(NCc3ccc(C)cc3)n2)cc1. The van der Waals surface area contributed by atoms with E-state index < -0.39 is 0 Å². The van der Waals surface area contributed by atoms with Crippen LogP contribution in [0.1, 0.15) is 22.3 Å². The van der Waals surface area contributed by atoms with Gasteiger partial charge in [-0.1, -0.05) is 59.7 Å². The summed E-state index contributed by atoms with van der Waals surface area (Å²) in [6, 6.07) is 16.8. The maximum absolute atomic E-state index is 4.44. The van der Waals surface area contributed by atoms with Gasteiger partial charge in [-0.15, -0.1) is 5.10 Å². The van der Waals surface area contributed by atoms with E-state index >= 15 is 0 Å². The summed E-state index contributed by atoms with van der Waals surface area (Å²) in [6.07, 6.45) is 1.63. The van der Waals surface area contributed by atoms with E-state index in [0.717, 1.165) is 0 Å². The van der Waals surface area contributed by atoms with Crippen molar-refractivity contribution in [3.8, 4) is 0 Å². The van der Waals surface area contributed by atoms with Crippen LogP contribution in [0.15, 0.2) is 54.7 Å². The molecule has 5 nitrogen and oxygen atoms in total. The molecule has 0 fully saturated rings. The minimum atomic E-state index is 0.518. The van der Waals surface area contributed by atoms with Gasteiger partial charge in [0.1, 0.15) is 0 Å². The van der Waals surface area contributed by atoms with E-state index in [1.165, 1.54) is 22.3 Å². The van der Waals surface area contributed by atoms with Crippen LogP contribution in [0.5, 0.6) is 0 Å². The van der Waals surface area contributed by atoms with E-state index in [1.54, 1.807) is 6.20 Å². The monoisotopic (exact) mass is 319 g/mol. The highest BCUT2D eigenvalue weighted by Gasteiger charge is 2.01. The highest BCUT2D eigenvalue weighted by Crippen LogP contribution is 2.10. The van der Waals surface area contributed by atoms with Gasteiger partial charge in [0, 0.05) is 13.1 Å². The van der Waals surface area contributed by atoms with Gasteiger partial charge in [-0.25, -0.2) is 0 Å². The molecule has 0 bridgehead atoms. The number of aromatic nitrogens is 3. The van der Waals surface area contributed by atoms with Crippen LogP contribution in [0.4, 0.5) is 11.8 Å². The van der Waals surface area contributed by atoms with Gasteiger partial charge >= 0.3 is 0 Å².